The normalized spacial score (nSPS) is 10.1. The Morgan fingerprint density at radius 3 is 2.54 bits per heavy atom. The third-order valence-electron chi connectivity index (χ3n) is 1.46. The van der Waals surface area contributed by atoms with Gasteiger partial charge in [0, 0.05) is 10.5 Å². The smallest absolute Gasteiger partial charge is 0.307 e. The number of halogens is 2. The molecular weight excluding hydrogens is 198 g/mol. The van der Waals surface area contributed by atoms with Crippen LogP contribution in [-0.2, 0) is 11.2 Å². The molecule has 0 aliphatic carbocycles. The van der Waals surface area contributed by atoms with Gasteiger partial charge in [0.25, 0.3) is 0 Å². The summed E-state index contributed by atoms with van der Waals surface area (Å²) in [7, 11) is 0. The molecule has 13 heavy (non-hydrogen) atoms. The van der Waals surface area contributed by atoms with Gasteiger partial charge in [-0.2, -0.15) is 0 Å². The molecule has 0 atom stereocenters. The standard InChI is InChI=1S/C8H6F2O2S/c9-5-3-7(13)6(10)1-4(5)2-8(11)12/h1,3,13H,2H2,(H,11,12). The van der Waals surface area contributed by atoms with E-state index in [1.54, 1.807) is 0 Å². The van der Waals surface area contributed by atoms with Gasteiger partial charge in [-0.05, 0) is 12.1 Å². The molecule has 0 aromatic heterocycles. The number of carbonyl (C=O) groups is 1. The summed E-state index contributed by atoms with van der Waals surface area (Å²) in [5.41, 5.74) is -0.178. The van der Waals surface area contributed by atoms with Crippen molar-refractivity contribution in [3.63, 3.8) is 0 Å². The molecule has 0 saturated heterocycles. The van der Waals surface area contributed by atoms with Crippen molar-refractivity contribution in [1.29, 1.82) is 0 Å². The van der Waals surface area contributed by atoms with Gasteiger partial charge >= 0.3 is 5.97 Å². The number of thiol groups is 1. The summed E-state index contributed by atoms with van der Waals surface area (Å²) in [5, 5.41) is 8.34. The van der Waals surface area contributed by atoms with Gasteiger partial charge in [0.1, 0.15) is 11.6 Å². The summed E-state index contributed by atoms with van der Waals surface area (Å²) >= 11 is 3.64. The fraction of sp³-hybridized carbons (Fsp3) is 0.125. The first-order chi connectivity index (χ1) is 6.00. The van der Waals surface area contributed by atoms with Crippen LogP contribution in [0.5, 0.6) is 0 Å². The maximum Gasteiger partial charge on any atom is 0.307 e. The van der Waals surface area contributed by atoms with E-state index in [1.807, 2.05) is 0 Å². The molecule has 2 nitrogen and oxygen atoms in total. The highest BCUT2D eigenvalue weighted by Gasteiger charge is 2.10. The first-order valence-electron chi connectivity index (χ1n) is 3.39. The molecule has 1 rings (SSSR count). The quantitative estimate of drug-likeness (QED) is 0.722. The van der Waals surface area contributed by atoms with Crippen molar-refractivity contribution in [2.24, 2.45) is 0 Å². The lowest BCUT2D eigenvalue weighted by atomic mass is 10.1. The fourth-order valence-corrected chi connectivity index (χ4v) is 1.05. The third-order valence-corrected chi connectivity index (χ3v) is 1.80. The van der Waals surface area contributed by atoms with Gasteiger partial charge in [0.05, 0.1) is 6.42 Å². The largest absolute Gasteiger partial charge is 0.481 e. The highest BCUT2D eigenvalue weighted by molar-refractivity contribution is 7.80. The Kier molecular flexibility index (Phi) is 2.87. The summed E-state index contributed by atoms with van der Waals surface area (Å²) in [6.45, 7) is 0. The molecule has 0 saturated carbocycles. The van der Waals surface area contributed by atoms with Gasteiger partial charge < -0.3 is 5.11 Å². The van der Waals surface area contributed by atoms with Crippen molar-refractivity contribution >= 4 is 18.6 Å². The van der Waals surface area contributed by atoms with E-state index >= 15 is 0 Å². The Hall–Kier alpha value is -1.10. The Balaban J connectivity index is 3.08. The summed E-state index contributed by atoms with van der Waals surface area (Å²) in [5.74, 6) is -2.68. The molecular formula is C8H6F2O2S. The molecule has 5 heteroatoms. The Morgan fingerprint density at radius 1 is 1.38 bits per heavy atom. The first-order valence-corrected chi connectivity index (χ1v) is 3.84. The van der Waals surface area contributed by atoms with Crippen LogP contribution in [-0.4, -0.2) is 11.1 Å². The Bertz CT molecular complexity index is 352. The second kappa shape index (κ2) is 3.74. The molecule has 70 valence electrons. The number of hydrogen-bond acceptors (Lipinski definition) is 2. The zero-order valence-corrected chi connectivity index (χ0v) is 7.31. The van der Waals surface area contributed by atoms with Crippen molar-refractivity contribution in [2.45, 2.75) is 11.3 Å². The SMILES string of the molecule is O=C(O)Cc1cc(F)c(S)cc1F. The molecule has 0 bridgehead atoms. The van der Waals surface area contributed by atoms with Crippen LogP contribution in [0.4, 0.5) is 8.78 Å². The lowest BCUT2D eigenvalue weighted by Gasteiger charge is -2.01. The van der Waals surface area contributed by atoms with Crippen LogP contribution in [0, 0.1) is 11.6 Å². The monoisotopic (exact) mass is 204 g/mol. The highest BCUT2D eigenvalue weighted by atomic mass is 32.1. The summed E-state index contributed by atoms with van der Waals surface area (Å²) in [4.78, 5) is 10.1. The van der Waals surface area contributed by atoms with Crippen LogP contribution in [0.25, 0.3) is 0 Å². The number of carboxylic acid groups (broad SMARTS) is 1. The van der Waals surface area contributed by atoms with E-state index in [0.29, 0.717) is 0 Å². The molecule has 1 aromatic rings. The minimum absolute atomic E-state index is 0.133. The van der Waals surface area contributed by atoms with Gasteiger partial charge in [-0.1, -0.05) is 0 Å². The van der Waals surface area contributed by atoms with Crippen molar-refractivity contribution in [1.82, 2.24) is 0 Å². The number of aliphatic carboxylic acids is 1. The van der Waals surface area contributed by atoms with E-state index in [4.69, 9.17) is 5.11 Å². The number of rotatable bonds is 2. The second-order valence-electron chi connectivity index (χ2n) is 2.47. The van der Waals surface area contributed by atoms with Gasteiger partial charge in [0.15, 0.2) is 0 Å². The average molecular weight is 204 g/mol. The zero-order chi connectivity index (χ0) is 10.0. The topological polar surface area (TPSA) is 37.3 Å². The maximum atomic E-state index is 12.9. The molecule has 1 aromatic carbocycles. The van der Waals surface area contributed by atoms with Crippen LogP contribution in [0.1, 0.15) is 5.56 Å². The van der Waals surface area contributed by atoms with Crippen LogP contribution in [0.15, 0.2) is 17.0 Å². The molecule has 0 spiro atoms. The maximum absolute atomic E-state index is 12.9. The van der Waals surface area contributed by atoms with E-state index in [2.05, 4.69) is 12.6 Å². The Morgan fingerprint density at radius 2 is 2.00 bits per heavy atom. The van der Waals surface area contributed by atoms with Gasteiger partial charge in [-0.3, -0.25) is 4.79 Å². The molecule has 0 heterocycles. The molecule has 0 radical (unpaired) electrons. The van der Waals surface area contributed by atoms with Crippen molar-refractivity contribution < 1.29 is 18.7 Å². The van der Waals surface area contributed by atoms with Crippen LogP contribution in [0.3, 0.4) is 0 Å². The molecule has 0 aliphatic rings. The van der Waals surface area contributed by atoms with E-state index in [9.17, 15) is 13.6 Å². The van der Waals surface area contributed by atoms with E-state index in [0.717, 1.165) is 12.1 Å². The molecule has 0 unspecified atom stereocenters. The minimum Gasteiger partial charge on any atom is -0.481 e. The van der Waals surface area contributed by atoms with Gasteiger partial charge in [-0.15, -0.1) is 12.6 Å². The van der Waals surface area contributed by atoms with Crippen molar-refractivity contribution in [3.05, 3.63) is 29.3 Å². The lowest BCUT2D eigenvalue weighted by Crippen LogP contribution is -2.03. The van der Waals surface area contributed by atoms with Crippen molar-refractivity contribution in [2.75, 3.05) is 0 Å². The van der Waals surface area contributed by atoms with E-state index < -0.39 is 24.0 Å². The number of carboxylic acids is 1. The van der Waals surface area contributed by atoms with Crippen LogP contribution in [0.2, 0.25) is 0 Å². The van der Waals surface area contributed by atoms with Gasteiger partial charge in [0.2, 0.25) is 0 Å². The molecule has 1 N–H and O–H groups in total. The molecule has 0 fully saturated rings. The summed E-state index contributed by atoms with van der Waals surface area (Å²) in [6.07, 6.45) is -0.531. The Labute approximate surface area is 78.6 Å². The van der Waals surface area contributed by atoms with Crippen LogP contribution < -0.4 is 0 Å². The first kappa shape index (κ1) is 9.98. The summed E-state index contributed by atoms with van der Waals surface area (Å²) < 4.78 is 25.7. The third kappa shape index (κ3) is 2.42. The number of benzene rings is 1. The zero-order valence-electron chi connectivity index (χ0n) is 6.42. The van der Waals surface area contributed by atoms with Crippen LogP contribution >= 0.6 is 12.6 Å². The lowest BCUT2D eigenvalue weighted by molar-refractivity contribution is -0.136. The second-order valence-corrected chi connectivity index (χ2v) is 2.95. The minimum atomic E-state index is -1.20. The average Bonchev–Trinajstić information content (AvgIpc) is 1.99. The molecule has 0 amide bonds. The van der Waals surface area contributed by atoms with E-state index in [-0.39, 0.29) is 10.5 Å². The number of hydrogen-bond donors (Lipinski definition) is 2. The highest BCUT2D eigenvalue weighted by Crippen LogP contribution is 2.18. The predicted octanol–water partition coefficient (Wildman–Crippen LogP) is 1.88. The van der Waals surface area contributed by atoms with E-state index in [1.165, 1.54) is 0 Å². The fourth-order valence-electron chi connectivity index (χ4n) is 0.876. The summed E-state index contributed by atoms with van der Waals surface area (Å²) in [6, 6.07) is 1.70. The predicted molar refractivity (Wildman–Crippen MR) is 44.9 cm³/mol. The van der Waals surface area contributed by atoms with Crippen molar-refractivity contribution in [3.8, 4) is 0 Å². The molecule has 0 aliphatic heterocycles. The van der Waals surface area contributed by atoms with Gasteiger partial charge in [-0.25, -0.2) is 8.78 Å².